The molecule has 2 heterocycles. The molecule has 2 amide bonds. The zero-order valence-electron chi connectivity index (χ0n) is 21.4. The number of rotatable bonds is 9. The van der Waals surface area contributed by atoms with Gasteiger partial charge in [0, 0.05) is 37.0 Å². The van der Waals surface area contributed by atoms with Crippen LogP contribution in [0, 0.1) is 0 Å². The van der Waals surface area contributed by atoms with Crippen molar-refractivity contribution < 1.29 is 19.4 Å². The zero-order valence-corrected chi connectivity index (χ0v) is 22.9. The van der Waals surface area contributed by atoms with Gasteiger partial charge in [-0.25, -0.2) is 4.79 Å². The van der Waals surface area contributed by atoms with Crippen LogP contribution in [0.25, 0.3) is 10.8 Å². The normalized spacial score (nSPS) is 13.9. The molecule has 1 aliphatic rings. The molecule has 0 atom stereocenters. The predicted octanol–water partition coefficient (Wildman–Crippen LogP) is 5.78. The first-order chi connectivity index (χ1) is 17.0. The Morgan fingerprint density at radius 1 is 1.11 bits per heavy atom. The summed E-state index contributed by atoms with van der Waals surface area (Å²) in [5.41, 5.74) is -0.714. The van der Waals surface area contributed by atoms with Gasteiger partial charge in [-0.3, -0.25) is 14.5 Å². The van der Waals surface area contributed by atoms with Crippen molar-refractivity contribution in [1.82, 2.24) is 14.4 Å². The van der Waals surface area contributed by atoms with Gasteiger partial charge in [0.05, 0.1) is 34.3 Å². The van der Waals surface area contributed by atoms with E-state index in [0.29, 0.717) is 41.9 Å². The molecular weight excluding hydrogens is 505 g/mol. The molecule has 1 saturated heterocycles. The Labute approximate surface area is 221 Å². The molecule has 1 aliphatic heterocycles. The summed E-state index contributed by atoms with van der Waals surface area (Å²) in [5.74, 6) is 0.361. The summed E-state index contributed by atoms with van der Waals surface area (Å²) in [5, 5.41) is 11.3. The topological polar surface area (TPSA) is 92.1 Å². The molecule has 8 nitrogen and oxygen atoms in total. The lowest BCUT2D eigenvalue weighted by atomic mass is 10.0. The minimum Gasteiger partial charge on any atom is -0.491 e. The third-order valence-corrected chi connectivity index (χ3v) is 7.19. The highest BCUT2D eigenvalue weighted by Gasteiger charge is 2.30. The number of carboxylic acid groups (broad SMARTS) is 1. The van der Waals surface area contributed by atoms with Crippen molar-refractivity contribution >= 4 is 46.0 Å². The van der Waals surface area contributed by atoms with Crippen molar-refractivity contribution in [2.45, 2.75) is 78.4 Å². The Hall–Kier alpha value is -2.45. The van der Waals surface area contributed by atoms with Crippen molar-refractivity contribution in [2.75, 3.05) is 19.7 Å². The van der Waals surface area contributed by atoms with Crippen molar-refractivity contribution in [2.24, 2.45) is 0 Å². The standard InChI is InChI=1S/C26H35Cl2N3O5/c1-5-6-13-36-23-17-14-19(27)20(28)15-18(17)24(33)30(12-9-22(32)29-10-7-8-11-29)21(23)16-31(25(34)35)26(2,3)4/h14-15H,5-13,16H2,1-4H3,(H,34,35). The SMILES string of the molecule is CCCCOc1c(CN(C(=O)O)C(C)(C)C)n(CCC(=O)N2CCCC2)c(=O)c2cc(Cl)c(Cl)cc12. The fourth-order valence-corrected chi connectivity index (χ4v) is 4.73. The number of amides is 2. The smallest absolute Gasteiger partial charge is 0.408 e. The van der Waals surface area contributed by atoms with Crippen LogP contribution in [0.2, 0.25) is 10.0 Å². The van der Waals surface area contributed by atoms with Crippen molar-refractivity contribution in [1.29, 1.82) is 0 Å². The average Bonchev–Trinajstić information content (AvgIpc) is 3.34. The van der Waals surface area contributed by atoms with E-state index in [4.69, 9.17) is 27.9 Å². The van der Waals surface area contributed by atoms with Gasteiger partial charge in [-0.05, 0) is 52.2 Å². The van der Waals surface area contributed by atoms with E-state index in [1.807, 2.05) is 6.92 Å². The van der Waals surface area contributed by atoms with Gasteiger partial charge < -0.3 is 19.3 Å². The van der Waals surface area contributed by atoms with Crippen LogP contribution in [0.15, 0.2) is 16.9 Å². The Morgan fingerprint density at radius 3 is 2.28 bits per heavy atom. The summed E-state index contributed by atoms with van der Waals surface area (Å²) in [6.07, 6.45) is 2.62. The van der Waals surface area contributed by atoms with E-state index in [1.54, 1.807) is 31.7 Å². The number of carbonyl (C=O) groups excluding carboxylic acids is 1. The highest BCUT2D eigenvalue weighted by atomic mass is 35.5. The number of likely N-dealkylation sites (tertiary alicyclic amines) is 1. The number of hydrogen-bond acceptors (Lipinski definition) is 4. The lowest BCUT2D eigenvalue weighted by Gasteiger charge is -2.34. The number of pyridine rings is 1. The maximum atomic E-state index is 13.7. The van der Waals surface area contributed by atoms with Crippen LogP contribution in [-0.4, -0.2) is 56.7 Å². The molecular formula is C26H35Cl2N3O5. The Kier molecular flexibility index (Phi) is 9.17. The van der Waals surface area contributed by atoms with Gasteiger partial charge in [-0.1, -0.05) is 36.5 Å². The molecule has 0 unspecified atom stereocenters. The van der Waals surface area contributed by atoms with Gasteiger partial charge in [-0.15, -0.1) is 0 Å². The van der Waals surface area contributed by atoms with E-state index in [0.717, 1.165) is 25.7 Å². The van der Waals surface area contributed by atoms with Gasteiger partial charge >= 0.3 is 6.09 Å². The summed E-state index contributed by atoms with van der Waals surface area (Å²) in [6.45, 7) is 9.22. The van der Waals surface area contributed by atoms with Crippen LogP contribution >= 0.6 is 23.2 Å². The monoisotopic (exact) mass is 539 g/mol. The molecule has 0 radical (unpaired) electrons. The Bertz CT molecular complexity index is 1180. The molecule has 1 fully saturated rings. The molecule has 10 heteroatoms. The average molecular weight is 540 g/mol. The molecule has 1 N–H and O–H groups in total. The fraction of sp³-hybridized carbons (Fsp3) is 0.577. The Morgan fingerprint density at radius 2 is 1.72 bits per heavy atom. The molecule has 198 valence electrons. The van der Waals surface area contributed by atoms with Crippen LogP contribution in [0.5, 0.6) is 5.75 Å². The molecule has 2 aromatic rings. The summed E-state index contributed by atoms with van der Waals surface area (Å²) >= 11 is 12.6. The van der Waals surface area contributed by atoms with Crippen LogP contribution in [-0.2, 0) is 17.9 Å². The summed E-state index contributed by atoms with van der Waals surface area (Å²) < 4.78 is 7.68. The number of benzene rings is 1. The first-order valence-electron chi connectivity index (χ1n) is 12.4. The maximum Gasteiger partial charge on any atom is 0.408 e. The fourth-order valence-electron chi connectivity index (χ4n) is 4.40. The van der Waals surface area contributed by atoms with E-state index in [2.05, 4.69) is 0 Å². The molecule has 0 saturated carbocycles. The second-order valence-electron chi connectivity index (χ2n) is 10.1. The van der Waals surface area contributed by atoms with Gasteiger partial charge in [-0.2, -0.15) is 0 Å². The number of carbonyl (C=O) groups is 2. The van der Waals surface area contributed by atoms with E-state index in [9.17, 15) is 19.5 Å². The molecule has 36 heavy (non-hydrogen) atoms. The van der Waals surface area contributed by atoms with Gasteiger partial charge in [0.25, 0.3) is 5.56 Å². The largest absolute Gasteiger partial charge is 0.491 e. The molecule has 0 aliphatic carbocycles. The third-order valence-electron chi connectivity index (χ3n) is 6.47. The first-order valence-corrected chi connectivity index (χ1v) is 13.2. The number of hydrogen-bond donors (Lipinski definition) is 1. The van der Waals surface area contributed by atoms with Gasteiger partial charge in [0.1, 0.15) is 5.75 Å². The predicted molar refractivity (Wildman–Crippen MR) is 142 cm³/mol. The maximum absolute atomic E-state index is 13.7. The Balaban J connectivity index is 2.21. The summed E-state index contributed by atoms with van der Waals surface area (Å²) in [4.78, 5) is 41.9. The van der Waals surface area contributed by atoms with Gasteiger partial charge in [0.15, 0.2) is 0 Å². The van der Waals surface area contributed by atoms with E-state index >= 15 is 0 Å². The number of aromatic nitrogens is 1. The highest BCUT2D eigenvalue weighted by Crippen LogP contribution is 2.35. The van der Waals surface area contributed by atoms with Crippen molar-refractivity contribution in [3.05, 3.63) is 38.2 Å². The second-order valence-corrected chi connectivity index (χ2v) is 10.9. The zero-order chi connectivity index (χ0) is 26.6. The second kappa shape index (κ2) is 11.7. The summed E-state index contributed by atoms with van der Waals surface area (Å²) in [7, 11) is 0. The van der Waals surface area contributed by atoms with E-state index in [1.165, 1.54) is 15.5 Å². The van der Waals surface area contributed by atoms with Crippen LogP contribution < -0.4 is 10.3 Å². The quantitative estimate of drug-likeness (QED) is 0.408. The number of unbranched alkanes of at least 4 members (excludes halogenated alkanes) is 1. The molecule has 0 spiro atoms. The first kappa shape index (κ1) is 28.1. The molecule has 1 aromatic carbocycles. The molecule has 0 bridgehead atoms. The lowest BCUT2D eigenvalue weighted by molar-refractivity contribution is -0.130. The number of halogens is 2. The van der Waals surface area contributed by atoms with Crippen molar-refractivity contribution in [3.8, 4) is 5.75 Å². The summed E-state index contributed by atoms with van der Waals surface area (Å²) in [6, 6.07) is 3.10. The van der Waals surface area contributed by atoms with Crippen LogP contribution in [0.4, 0.5) is 4.79 Å². The minimum atomic E-state index is -1.12. The van der Waals surface area contributed by atoms with Gasteiger partial charge in [0.2, 0.25) is 5.91 Å². The molecule has 1 aromatic heterocycles. The highest BCUT2D eigenvalue weighted by molar-refractivity contribution is 6.42. The van der Waals surface area contributed by atoms with Crippen LogP contribution in [0.3, 0.4) is 0 Å². The third kappa shape index (κ3) is 6.27. The number of ether oxygens (including phenoxy) is 1. The van der Waals surface area contributed by atoms with Crippen LogP contribution in [0.1, 0.15) is 65.5 Å². The number of fused-ring (bicyclic) bond motifs is 1. The minimum absolute atomic E-state index is 0.0288. The van der Waals surface area contributed by atoms with E-state index < -0.39 is 11.6 Å². The molecule has 3 rings (SSSR count). The lowest BCUT2D eigenvalue weighted by Crippen LogP contribution is -2.45. The number of nitrogens with zero attached hydrogens (tertiary/aromatic N) is 3. The van der Waals surface area contributed by atoms with E-state index in [-0.39, 0.29) is 41.0 Å². The van der Waals surface area contributed by atoms with Crippen molar-refractivity contribution in [3.63, 3.8) is 0 Å².